The van der Waals surface area contributed by atoms with Gasteiger partial charge in [0, 0.05) is 5.39 Å². The average molecular weight is 496 g/mol. The fourth-order valence-corrected chi connectivity index (χ4v) is 7.43. The van der Waals surface area contributed by atoms with Crippen LogP contribution >= 0.6 is 0 Å². The number of aromatic nitrogens is 1. The van der Waals surface area contributed by atoms with E-state index in [1.165, 1.54) is 37.0 Å². The van der Waals surface area contributed by atoms with Crippen molar-refractivity contribution in [2.75, 3.05) is 12.4 Å². The van der Waals surface area contributed by atoms with Crippen LogP contribution in [-0.2, 0) is 16.1 Å². The van der Waals surface area contributed by atoms with E-state index in [4.69, 9.17) is 10.00 Å². The first kappa shape index (κ1) is 23.5. The second kappa shape index (κ2) is 8.88. The highest BCUT2D eigenvalue weighted by Gasteiger charge is 2.54. The molecule has 4 aliphatic rings. The predicted molar refractivity (Wildman–Crippen MR) is 139 cm³/mol. The lowest BCUT2D eigenvalue weighted by Gasteiger charge is -2.55. The van der Waals surface area contributed by atoms with Gasteiger partial charge in [0.25, 0.3) is 5.56 Å². The normalized spacial score (nSPS) is 25.6. The zero-order chi connectivity index (χ0) is 25.7. The average Bonchev–Trinajstić information content (AvgIpc) is 2.89. The van der Waals surface area contributed by atoms with Crippen LogP contribution in [0.3, 0.4) is 0 Å². The summed E-state index contributed by atoms with van der Waals surface area (Å²) in [4.78, 5) is 39.8. The molecule has 188 valence electrons. The lowest BCUT2D eigenvalue weighted by molar-refractivity contribution is -0.140. The molecule has 0 saturated heterocycles. The van der Waals surface area contributed by atoms with Crippen LogP contribution in [0.4, 0.5) is 5.69 Å². The number of pyridine rings is 1. The van der Waals surface area contributed by atoms with Gasteiger partial charge in [0.05, 0.1) is 41.9 Å². The van der Waals surface area contributed by atoms with Crippen LogP contribution in [0, 0.1) is 34.5 Å². The summed E-state index contributed by atoms with van der Waals surface area (Å²) >= 11 is 0. The lowest BCUT2D eigenvalue weighted by atomic mass is 9.49. The van der Waals surface area contributed by atoms with Crippen molar-refractivity contribution in [3.8, 4) is 6.07 Å². The van der Waals surface area contributed by atoms with Crippen LogP contribution in [-0.4, -0.2) is 23.6 Å². The Kier molecular flexibility index (Phi) is 5.63. The number of methoxy groups -OCH3 is 1. The molecule has 3 aromatic rings. The van der Waals surface area contributed by atoms with Crippen molar-refractivity contribution in [2.45, 2.75) is 45.1 Å². The van der Waals surface area contributed by atoms with Crippen LogP contribution in [0.15, 0.2) is 53.3 Å². The molecule has 7 rings (SSSR count). The van der Waals surface area contributed by atoms with Crippen molar-refractivity contribution in [3.05, 3.63) is 75.6 Å². The number of hydrogen-bond acceptors (Lipinski definition) is 5. The molecule has 0 radical (unpaired) electrons. The van der Waals surface area contributed by atoms with E-state index in [0.29, 0.717) is 39.9 Å². The molecule has 4 bridgehead atoms. The highest BCUT2D eigenvalue weighted by atomic mass is 16.5. The van der Waals surface area contributed by atoms with Gasteiger partial charge in [0.1, 0.15) is 5.56 Å². The minimum Gasteiger partial charge on any atom is -0.465 e. The van der Waals surface area contributed by atoms with Gasteiger partial charge in [0.2, 0.25) is 5.91 Å². The standard InChI is InChI=1S/C30H29N3O4/c1-37-28(35)24-12-23-25(32-29(36)30-13-20-9-21(14-30)11-22(10-20)15-30)3-2-4-26(23)33(27(24)34)17-19-7-5-18(16-31)6-8-19/h2-8,12,20-22H,9-11,13-15,17H2,1H3,(H,32,36). The molecule has 7 nitrogen and oxygen atoms in total. The fourth-order valence-electron chi connectivity index (χ4n) is 7.43. The Morgan fingerprint density at radius 2 is 1.70 bits per heavy atom. The Bertz CT molecular complexity index is 1480. The van der Waals surface area contributed by atoms with Crippen LogP contribution < -0.4 is 10.9 Å². The van der Waals surface area contributed by atoms with E-state index < -0.39 is 11.5 Å². The van der Waals surface area contributed by atoms with Gasteiger partial charge >= 0.3 is 5.97 Å². The number of anilines is 1. The zero-order valence-corrected chi connectivity index (χ0v) is 20.8. The van der Waals surface area contributed by atoms with Gasteiger partial charge in [-0.3, -0.25) is 9.59 Å². The van der Waals surface area contributed by atoms with Gasteiger partial charge in [-0.25, -0.2) is 4.79 Å². The second-order valence-corrected chi connectivity index (χ2v) is 11.1. The monoisotopic (exact) mass is 495 g/mol. The number of carbonyl (C=O) groups excluding carboxylic acids is 2. The minimum atomic E-state index is -0.720. The third-order valence-electron chi connectivity index (χ3n) is 8.74. The molecule has 1 aromatic heterocycles. The molecule has 4 saturated carbocycles. The lowest BCUT2D eigenvalue weighted by Crippen LogP contribution is -2.51. The minimum absolute atomic E-state index is 0.0589. The van der Waals surface area contributed by atoms with Gasteiger partial charge < -0.3 is 14.6 Å². The predicted octanol–water partition coefficient (Wildman–Crippen LogP) is 4.86. The molecule has 4 fully saturated rings. The third kappa shape index (κ3) is 4.01. The Hall–Kier alpha value is -3.92. The molecule has 4 aliphatic carbocycles. The number of fused-ring (bicyclic) bond motifs is 1. The van der Waals surface area contributed by atoms with Gasteiger partial charge in [-0.05, 0) is 92.2 Å². The summed E-state index contributed by atoms with van der Waals surface area (Å²) < 4.78 is 6.44. The Labute approximate surface area is 215 Å². The molecule has 2 aromatic carbocycles. The molecule has 1 amide bonds. The van der Waals surface area contributed by atoms with Crippen molar-refractivity contribution in [2.24, 2.45) is 23.2 Å². The number of esters is 1. The molecular formula is C30H29N3O4. The van der Waals surface area contributed by atoms with Crippen molar-refractivity contribution < 1.29 is 14.3 Å². The number of nitriles is 1. The maximum absolute atomic E-state index is 13.8. The fraction of sp³-hybridized carbons (Fsp3) is 0.400. The van der Waals surface area contributed by atoms with Crippen LogP contribution in [0.5, 0.6) is 0 Å². The SMILES string of the molecule is COC(=O)c1cc2c(NC(=O)C34CC5CC(CC(C5)C3)C4)cccc2n(Cc2ccc(C#N)cc2)c1=O. The summed E-state index contributed by atoms with van der Waals surface area (Å²) in [5, 5.41) is 12.9. The van der Waals surface area contributed by atoms with E-state index in [1.807, 2.05) is 18.2 Å². The largest absolute Gasteiger partial charge is 0.465 e. The van der Waals surface area contributed by atoms with E-state index >= 15 is 0 Å². The number of hydrogen-bond donors (Lipinski definition) is 1. The topological polar surface area (TPSA) is 101 Å². The number of nitrogens with zero attached hydrogens (tertiary/aromatic N) is 2. The highest BCUT2D eigenvalue weighted by molar-refractivity contribution is 6.05. The molecule has 37 heavy (non-hydrogen) atoms. The smallest absolute Gasteiger partial charge is 0.343 e. The zero-order valence-electron chi connectivity index (χ0n) is 20.8. The Morgan fingerprint density at radius 1 is 1.05 bits per heavy atom. The maximum atomic E-state index is 13.8. The highest BCUT2D eigenvalue weighted by Crippen LogP contribution is 2.60. The first-order valence-electron chi connectivity index (χ1n) is 12.9. The molecule has 0 spiro atoms. The van der Waals surface area contributed by atoms with Gasteiger partial charge in [-0.2, -0.15) is 5.26 Å². The summed E-state index contributed by atoms with van der Waals surface area (Å²) in [6.07, 6.45) is 6.62. The van der Waals surface area contributed by atoms with Crippen LogP contribution in [0.1, 0.15) is 60.0 Å². The number of benzene rings is 2. The molecule has 0 aliphatic heterocycles. The van der Waals surface area contributed by atoms with Crippen molar-refractivity contribution in [1.82, 2.24) is 4.57 Å². The number of rotatable bonds is 5. The van der Waals surface area contributed by atoms with Gasteiger partial charge in [-0.15, -0.1) is 0 Å². The number of ether oxygens (including phenoxy) is 1. The molecule has 1 heterocycles. The molecule has 0 atom stereocenters. The van der Waals surface area contributed by atoms with E-state index in [9.17, 15) is 14.4 Å². The number of amides is 1. The quantitative estimate of drug-likeness (QED) is 0.509. The molecule has 1 N–H and O–H groups in total. The van der Waals surface area contributed by atoms with E-state index in [1.54, 1.807) is 24.3 Å². The summed E-state index contributed by atoms with van der Waals surface area (Å²) in [6.45, 7) is 0.207. The van der Waals surface area contributed by atoms with Crippen LogP contribution in [0.2, 0.25) is 0 Å². The summed E-state index contributed by atoms with van der Waals surface area (Å²) in [5.41, 5.74) is 1.68. The Morgan fingerprint density at radius 3 is 2.30 bits per heavy atom. The van der Waals surface area contributed by atoms with Gasteiger partial charge in [-0.1, -0.05) is 18.2 Å². The van der Waals surface area contributed by atoms with E-state index in [2.05, 4.69) is 11.4 Å². The second-order valence-electron chi connectivity index (χ2n) is 11.1. The van der Waals surface area contributed by atoms with Crippen molar-refractivity contribution >= 4 is 28.5 Å². The first-order chi connectivity index (χ1) is 17.9. The summed E-state index contributed by atoms with van der Waals surface area (Å²) in [7, 11) is 1.25. The Balaban J connectivity index is 1.41. The molecule has 7 heteroatoms. The van der Waals surface area contributed by atoms with E-state index in [-0.39, 0.29) is 23.4 Å². The van der Waals surface area contributed by atoms with Crippen molar-refractivity contribution in [1.29, 1.82) is 5.26 Å². The summed E-state index contributed by atoms with van der Waals surface area (Å²) in [6, 6.07) is 16.1. The number of nitrogens with one attached hydrogen (secondary N) is 1. The van der Waals surface area contributed by atoms with E-state index in [0.717, 1.165) is 24.8 Å². The third-order valence-corrected chi connectivity index (χ3v) is 8.74. The molecule has 0 unspecified atom stereocenters. The first-order valence-corrected chi connectivity index (χ1v) is 12.9. The molecular weight excluding hydrogens is 466 g/mol. The van der Waals surface area contributed by atoms with Crippen LogP contribution in [0.25, 0.3) is 10.9 Å². The maximum Gasteiger partial charge on any atom is 0.343 e. The summed E-state index contributed by atoms with van der Waals surface area (Å²) in [5.74, 6) is 1.28. The number of carbonyl (C=O) groups is 2. The van der Waals surface area contributed by atoms with Crippen molar-refractivity contribution in [3.63, 3.8) is 0 Å². The van der Waals surface area contributed by atoms with Gasteiger partial charge in [0.15, 0.2) is 0 Å².